The van der Waals surface area contributed by atoms with E-state index < -0.39 is 24.4 Å². The fourth-order valence-electron chi connectivity index (χ4n) is 2.84. The number of carbonyl (C=O) groups excluding carboxylic acids is 1. The van der Waals surface area contributed by atoms with Crippen LogP contribution in [0.15, 0.2) is 0 Å². The lowest BCUT2D eigenvalue weighted by Gasteiger charge is -2.41. The molecule has 0 bridgehead atoms. The summed E-state index contributed by atoms with van der Waals surface area (Å²) in [7, 11) is 0. The van der Waals surface area contributed by atoms with E-state index in [9.17, 15) is 20.1 Å². The van der Waals surface area contributed by atoms with Crippen LogP contribution in [0.3, 0.4) is 0 Å². The van der Waals surface area contributed by atoms with Gasteiger partial charge >= 0.3 is 5.97 Å². The summed E-state index contributed by atoms with van der Waals surface area (Å²) in [5, 5.41) is 29.3. The molecule has 2 aliphatic heterocycles. The standard InChI is InChI=1S/C12H21NO5/c1-2-3-9(15)18-8-4-5-13-6-7(14)11(16)12(17)10(8)13/h7-8,10-12,14,16-17H,2-6H2,1H3. The van der Waals surface area contributed by atoms with Gasteiger partial charge < -0.3 is 20.1 Å². The molecule has 0 radical (unpaired) electrons. The summed E-state index contributed by atoms with van der Waals surface area (Å²) < 4.78 is 5.34. The first-order valence-corrected chi connectivity index (χ1v) is 6.52. The lowest BCUT2D eigenvalue weighted by atomic mass is 9.93. The molecule has 18 heavy (non-hydrogen) atoms. The van der Waals surface area contributed by atoms with E-state index in [-0.39, 0.29) is 12.1 Å². The Kier molecular flexibility index (Phi) is 4.21. The van der Waals surface area contributed by atoms with E-state index in [2.05, 4.69) is 0 Å². The molecule has 2 aliphatic rings. The number of esters is 1. The average Bonchev–Trinajstić information content (AvgIpc) is 2.69. The molecule has 0 aromatic heterocycles. The number of aliphatic hydroxyl groups is 3. The summed E-state index contributed by atoms with van der Waals surface area (Å²) in [5.74, 6) is -0.267. The smallest absolute Gasteiger partial charge is 0.306 e. The van der Waals surface area contributed by atoms with Crippen molar-refractivity contribution in [2.75, 3.05) is 13.1 Å². The minimum Gasteiger partial charge on any atom is -0.461 e. The molecule has 0 amide bonds. The molecule has 2 saturated heterocycles. The Morgan fingerprint density at radius 2 is 2.06 bits per heavy atom. The maximum Gasteiger partial charge on any atom is 0.306 e. The van der Waals surface area contributed by atoms with Gasteiger partial charge in [-0.15, -0.1) is 0 Å². The first-order valence-electron chi connectivity index (χ1n) is 6.52. The molecule has 0 aromatic carbocycles. The zero-order chi connectivity index (χ0) is 13.3. The van der Waals surface area contributed by atoms with E-state index >= 15 is 0 Å². The van der Waals surface area contributed by atoms with Gasteiger partial charge in [0.2, 0.25) is 0 Å². The third-order valence-corrected chi connectivity index (χ3v) is 3.76. The predicted molar refractivity (Wildman–Crippen MR) is 62.8 cm³/mol. The second-order valence-electron chi connectivity index (χ2n) is 5.10. The number of rotatable bonds is 3. The molecule has 0 saturated carbocycles. The second-order valence-corrected chi connectivity index (χ2v) is 5.10. The Hall–Kier alpha value is -0.690. The Labute approximate surface area is 106 Å². The Morgan fingerprint density at radius 3 is 2.72 bits per heavy atom. The lowest BCUT2D eigenvalue weighted by molar-refractivity contribution is -0.165. The normalized spacial score (nSPS) is 40.6. The molecule has 0 aliphatic carbocycles. The van der Waals surface area contributed by atoms with Crippen LogP contribution >= 0.6 is 0 Å². The van der Waals surface area contributed by atoms with Crippen LogP contribution in [0, 0.1) is 0 Å². The monoisotopic (exact) mass is 259 g/mol. The highest BCUT2D eigenvalue weighted by atomic mass is 16.5. The molecule has 2 heterocycles. The van der Waals surface area contributed by atoms with Gasteiger partial charge in [0, 0.05) is 19.5 Å². The first-order chi connectivity index (χ1) is 8.54. The van der Waals surface area contributed by atoms with Crippen LogP contribution in [0.5, 0.6) is 0 Å². The van der Waals surface area contributed by atoms with E-state index in [0.717, 1.165) is 6.42 Å². The predicted octanol–water partition coefficient (Wildman–Crippen LogP) is -1.13. The molecule has 6 nitrogen and oxygen atoms in total. The minimum atomic E-state index is -1.17. The van der Waals surface area contributed by atoms with Gasteiger partial charge in [-0.2, -0.15) is 0 Å². The van der Waals surface area contributed by atoms with E-state index in [1.807, 2.05) is 11.8 Å². The minimum absolute atomic E-state index is 0.267. The molecule has 2 fully saturated rings. The third kappa shape index (κ3) is 2.51. The zero-order valence-electron chi connectivity index (χ0n) is 10.5. The van der Waals surface area contributed by atoms with Gasteiger partial charge in [0.25, 0.3) is 0 Å². The van der Waals surface area contributed by atoms with Crippen molar-refractivity contribution in [2.24, 2.45) is 0 Å². The van der Waals surface area contributed by atoms with Gasteiger partial charge in [0.15, 0.2) is 0 Å². The van der Waals surface area contributed by atoms with Crippen LogP contribution in [0.2, 0.25) is 0 Å². The van der Waals surface area contributed by atoms with Crippen molar-refractivity contribution in [3.05, 3.63) is 0 Å². The molecule has 0 aromatic rings. The maximum atomic E-state index is 11.5. The fraction of sp³-hybridized carbons (Fsp3) is 0.917. The van der Waals surface area contributed by atoms with Gasteiger partial charge in [0.1, 0.15) is 18.3 Å². The molecule has 104 valence electrons. The largest absolute Gasteiger partial charge is 0.461 e. The molecule has 3 N–H and O–H groups in total. The molecule has 5 unspecified atom stereocenters. The van der Waals surface area contributed by atoms with Crippen LogP contribution in [-0.2, 0) is 9.53 Å². The van der Waals surface area contributed by atoms with Gasteiger partial charge in [-0.05, 0) is 12.8 Å². The maximum absolute atomic E-state index is 11.5. The number of hydrogen-bond donors (Lipinski definition) is 3. The first kappa shape index (κ1) is 13.7. The summed E-state index contributed by atoms with van der Waals surface area (Å²) in [4.78, 5) is 13.4. The number of ether oxygens (including phenoxy) is 1. The Morgan fingerprint density at radius 1 is 1.33 bits per heavy atom. The van der Waals surface area contributed by atoms with Crippen molar-refractivity contribution in [3.63, 3.8) is 0 Å². The number of fused-ring (bicyclic) bond motifs is 1. The highest BCUT2D eigenvalue weighted by Crippen LogP contribution is 2.30. The van der Waals surface area contributed by atoms with E-state index in [1.165, 1.54) is 0 Å². The van der Waals surface area contributed by atoms with Crippen LogP contribution in [0.4, 0.5) is 0 Å². The van der Waals surface area contributed by atoms with E-state index in [1.54, 1.807) is 0 Å². The average molecular weight is 259 g/mol. The summed E-state index contributed by atoms with van der Waals surface area (Å²) in [6.07, 6.45) is -1.85. The second kappa shape index (κ2) is 5.52. The fourth-order valence-corrected chi connectivity index (χ4v) is 2.84. The SMILES string of the molecule is CCCC(=O)OC1CCN2CC(O)C(O)C(O)C12. The summed E-state index contributed by atoms with van der Waals surface area (Å²) in [5.41, 5.74) is 0. The van der Waals surface area contributed by atoms with E-state index in [0.29, 0.717) is 25.9 Å². The number of piperidine rings is 1. The molecule has 5 atom stereocenters. The molecular formula is C12H21NO5. The molecule has 0 spiro atoms. The van der Waals surface area contributed by atoms with Crippen molar-refractivity contribution >= 4 is 5.97 Å². The highest BCUT2D eigenvalue weighted by Gasteiger charge is 2.49. The number of hydrogen-bond acceptors (Lipinski definition) is 6. The molecular weight excluding hydrogens is 238 g/mol. The Balaban J connectivity index is 2.01. The van der Waals surface area contributed by atoms with Crippen molar-refractivity contribution in [2.45, 2.75) is 56.6 Å². The van der Waals surface area contributed by atoms with Crippen molar-refractivity contribution in [3.8, 4) is 0 Å². The van der Waals surface area contributed by atoms with Crippen molar-refractivity contribution < 1.29 is 24.9 Å². The Bertz CT molecular complexity index is 311. The zero-order valence-corrected chi connectivity index (χ0v) is 10.5. The summed E-state index contributed by atoms with van der Waals surface area (Å²) in [6.45, 7) is 2.87. The quantitative estimate of drug-likeness (QED) is 0.556. The summed E-state index contributed by atoms with van der Waals surface area (Å²) in [6, 6.07) is -0.399. The van der Waals surface area contributed by atoms with Crippen LogP contribution in [0.1, 0.15) is 26.2 Å². The summed E-state index contributed by atoms with van der Waals surface area (Å²) >= 11 is 0. The van der Waals surface area contributed by atoms with Crippen molar-refractivity contribution in [1.82, 2.24) is 4.90 Å². The molecule has 6 heteroatoms. The van der Waals surface area contributed by atoms with Gasteiger partial charge in [-0.25, -0.2) is 0 Å². The number of aliphatic hydroxyl groups excluding tert-OH is 3. The number of carbonyl (C=O) groups is 1. The topological polar surface area (TPSA) is 90.2 Å². The van der Waals surface area contributed by atoms with Gasteiger partial charge in [-0.1, -0.05) is 6.92 Å². The van der Waals surface area contributed by atoms with Gasteiger partial charge in [0.05, 0.1) is 12.1 Å². The van der Waals surface area contributed by atoms with Crippen LogP contribution in [-0.4, -0.2) is 69.7 Å². The van der Waals surface area contributed by atoms with E-state index in [4.69, 9.17) is 4.74 Å². The van der Waals surface area contributed by atoms with Crippen molar-refractivity contribution in [1.29, 1.82) is 0 Å². The lowest BCUT2D eigenvalue weighted by Crippen LogP contribution is -2.61. The van der Waals surface area contributed by atoms with Crippen LogP contribution in [0.25, 0.3) is 0 Å². The molecule has 2 rings (SSSR count). The van der Waals surface area contributed by atoms with Crippen LogP contribution < -0.4 is 0 Å². The van der Waals surface area contributed by atoms with Gasteiger partial charge in [-0.3, -0.25) is 9.69 Å². The third-order valence-electron chi connectivity index (χ3n) is 3.76. The number of nitrogens with zero attached hydrogens (tertiary/aromatic N) is 1. The highest BCUT2D eigenvalue weighted by molar-refractivity contribution is 5.69.